The summed E-state index contributed by atoms with van der Waals surface area (Å²) >= 11 is 0. The highest BCUT2D eigenvalue weighted by molar-refractivity contribution is 5.78. The van der Waals surface area contributed by atoms with E-state index in [1.807, 2.05) is 12.1 Å². The molecule has 0 amide bonds. The Morgan fingerprint density at radius 2 is 2.33 bits per heavy atom. The van der Waals surface area contributed by atoms with Crippen LogP contribution in [0.4, 0.5) is 0 Å². The molecule has 12 heavy (non-hydrogen) atoms. The summed E-state index contributed by atoms with van der Waals surface area (Å²) in [5, 5.41) is 0. The van der Waals surface area contributed by atoms with Gasteiger partial charge >= 0.3 is 0 Å². The normalized spacial score (nSPS) is 9.83. The zero-order valence-corrected chi connectivity index (χ0v) is 7.50. The number of hydrogen-bond acceptors (Lipinski definition) is 2. The number of carbonyl (C=O) groups excluding carboxylic acids is 1. The van der Waals surface area contributed by atoms with Crippen LogP contribution in [0.5, 0.6) is 0 Å². The van der Waals surface area contributed by atoms with Gasteiger partial charge in [0.1, 0.15) is 5.78 Å². The molecule has 0 aromatic carbocycles. The second-order valence-corrected chi connectivity index (χ2v) is 2.89. The number of Topliss-reactive ketones (excluding diaryl/α,β-unsaturated/α-hetero) is 1. The van der Waals surface area contributed by atoms with Crippen molar-refractivity contribution in [3.05, 3.63) is 29.6 Å². The lowest BCUT2D eigenvalue weighted by Crippen LogP contribution is -1.97. The van der Waals surface area contributed by atoms with E-state index < -0.39 is 0 Å². The molecule has 64 valence electrons. The Morgan fingerprint density at radius 3 is 2.92 bits per heavy atom. The average Bonchev–Trinajstić information content (AvgIpc) is 2.03. The van der Waals surface area contributed by atoms with Crippen LogP contribution in [0.3, 0.4) is 0 Å². The van der Waals surface area contributed by atoms with Gasteiger partial charge in [0.05, 0.1) is 0 Å². The molecule has 0 spiro atoms. The fraction of sp³-hybridized carbons (Fsp3) is 0.400. The van der Waals surface area contributed by atoms with Crippen LogP contribution in [-0.4, -0.2) is 10.8 Å². The fourth-order valence-corrected chi connectivity index (χ4v) is 1.12. The highest BCUT2D eigenvalue weighted by atomic mass is 16.1. The number of hydrogen-bond donors (Lipinski definition) is 0. The third-order valence-corrected chi connectivity index (χ3v) is 1.70. The topological polar surface area (TPSA) is 30.0 Å². The Kier molecular flexibility index (Phi) is 2.97. The molecule has 0 bridgehead atoms. The summed E-state index contributed by atoms with van der Waals surface area (Å²) in [6, 6.07) is 3.88. The summed E-state index contributed by atoms with van der Waals surface area (Å²) in [4.78, 5) is 14.9. The Morgan fingerprint density at radius 1 is 1.58 bits per heavy atom. The summed E-state index contributed by atoms with van der Waals surface area (Å²) in [7, 11) is 0. The lowest BCUT2D eigenvalue weighted by Gasteiger charge is -1.99. The van der Waals surface area contributed by atoms with Crippen LogP contribution < -0.4 is 0 Å². The molecule has 1 aromatic rings. The molecule has 1 rings (SSSR count). The Hall–Kier alpha value is -1.18. The van der Waals surface area contributed by atoms with Crippen LogP contribution in [0.15, 0.2) is 18.3 Å². The molecule has 2 heteroatoms. The van der Waals surface area contributed by atoms with Crippen molar-refractivity contribution in [3.8, 4) is 0 Å². The number of ketones is 1. The van der Waals surface area contributed by atoms with Crippen LogP contribution in [0.25, 0.3) is 0 Å². The van der Waals surface area contributed by atoms with Gasteiger partial charge in [-0.15, -0.1) is 0 Å². The van der Waals surface area contributed by atoms with Crippen molar-refractivity contribution in [3.63, 3.8) is 0 Å². The van der Waals surface area contributed by atoms with Crippen LogP contribution >= 0.6 is 0 Å². The lowest BCUT2D eigenvalue weighted by molar-refractivity contribution is -0.116. The number of nitrogens with zero attached hydrogens (tertiary/aromatic N) is 1. The summed E-state index contributed by atoms with van der Waals surface area (Å²) in [6.45, 7) is 3.66. The molecular formula is C10H13NO. The van der Waals surface area contributed by atoms with Crippen molar-refractivity contribution in [2.24, 2.45) is 0 Å². The quantitative estimate of drug-likeness (QED) is 0.679. The van der Waals surface area contributed by atoms with Crippen LogP contribution in [0.1, 0.15) is 25.1 Å². The standard InChI is InChI=1S/C10H13NO/c1-3-10-7-9(4-5-11-10)6-8(2)12/h4-5,7H,3,6H2,1-2H3. The first kappa shape index (κ1) is 8.91. The van der Waals surface area contributed by atoms with Gasteiger partial charge in [-0.05, 0) is 31.0 Å². The van der Waals surface area contributed by atoms with Crippen LogP contribution in [-0.2, 0) is 17.6 Å². The zero-order valence-electron chi connectivity index (χ0n) is 7.50. The van der Waals surface area contributed by atoms with Crippen molar-refractivity contribution in [1.29, 1.82) is 0 Å². The average molecular weight is 163 g/mol. The van der Waals surface area contributed by atoms with Crippen molar-refractivity contribution in [2.75, 3.05) is 0 Å². The molecule has 0 unspecified atom stereocenters. The van der Waals surface area contributed by atoms with E-state index in [0.29, 0.717) is 6.42 Å². The Balaban J connectivity index is 2.79. The van der Waals surface area contributed by atoms with Gasteiger partial charge in [0.2, 0.25) is 0 Å². The van der Waals surface area contributed by atoms with E-state index >= 15 is 0 Å². The molecule has 2 nitrogen and oxygen atoms in total. The van der Waals surface area contributed by atoms with Crippen molar-refractivity contribution < 1.29 is 4.79 Å². The molecule has 0 saturated carbocycles. The molecule has 0 aliphatic rings. The van der Waals surface area contributed by atoms with Gasteiger partial charge in [-0.25, -0.2) is 0 Å². The minimum atomic E-state index is 0.197. The zero-order chi connectivity index (χ0) is 8.97. The summed E-state index contributed by atoms with van der Waals surface area (Å²) in [5.41, 5.74) is 2.11. The first-order chi connectivity index (χ1) is 5.72. The van der Waals surface area contributed by atoms with Crippen molar-refractivity contribution >= 4 is 5.78 Å². The monoisotopic (exact) mass is 163 g/mol. The Bertz CT molecular complexity index is 281. The van der Waals surface area contributed by atoms with Gasteiger partial charge < -0.3 is 0 Å². The first-order valence-corrected chi connectivity index (χ1v) is 4.15. The molecule has 0 saturated heterocycles. The van der Waals surface area contributed by atoms with Crippen molar-refractivity contribution in [1.82, 2.24) is 4.98 Å². The van der Waals surface area contributed by atoms with Gasteiger partial charge in [0.15, 0.2) is 0 Å². The van der Waals surface area contributed by atoms with E-state index in [4.69, 9.17) is 0 Å². The molecule has 1 heterocycles. The highest BCUT2D eigenvalue weighted by Gasteiger charge is 1.98. The maximum Gasteiger partial charge on any atom is 0.134 e. The predicted octanol–water partition coefficient (Wildman–Crippen LogP) is 1.78. The van der Waals surface area contributed by atoms with E-state index in [1.165, 1.54) is 0 Å². The smallest absolute Gasteiger partial charge is 0.134 e. The number of carbonyl (C=O) groups is 1. The SMILES string of the molecule is CCc1cc(CC(C)=O)ccn1. The minimum absolute atomic E-state index is 0.197. The molecule has 0 atom stereocenters. The maximum atomic E-state index is 10.8. The summed E-state index contributed by atoms with van der Waals surface area (Å²) in [6.07, 6.45) is 3.21. The Labute approximate surface area is 72.6 Å². The number of aryl methyl sites for hydroxylation is 1. The molecule has 0 fully saturated rings. The van der Waals surface area contributed by atoms with Gasteiger partial charge in [0.25, 0.3) is 0 Å². The summed E-state index contributed by atoms with van der Waals surface area (Å²) < 4.78 is 0. The molecule has 0 aliphatic heterocycles. The number of pyridine rings is 1. The molecule has 0 radical (unpaired) electrons. The number of aromatic nitrogens is 1. The van der Waals surface area contributed by atoms with Crippen molar-refractivity contribution in [2.45, 2.75) is 26.7 Å². The van der Waals surface area contributed by atoms with Gasteiger partial charge in [-0.1, -0.05) is 6.92 Å². The third-order valence-electron chi connectivity index (χ3n) is 1.70. The molecule has 1 aromatic heterocycles. The van der Waals surface area contributed by atoms with E-state index in [2.05, 4.69) is 11.9 Å². The van der Waals surface area contributed by atoms with Crippen LogP contribution in [0.2, 0.25) is 0 Å². The molecule has 0 aliphatic carbocycles. The van der Waals surface area contributed by atoms with E-state index in [9.17, 15) is 4.79 Å². The van der Waals surface area contributed by atoms with E-state index in [1.54, 1.807) is 13.1 Å². The molecule has 0 N–H and O–H groups in total. The highest BCUT2D eigenvalue weighted by Crippen LogP contribution is 2.03. The lowest BCUT2D eigenvalue weighted by atomic mass is 10.1. The largest absolute Gasteiger partial charge is 0.300 e. The second kappa shape index (κ2) is 4.00. The van der Waals surface area contributed by atoms with E-state index in [-0.39, 0.29) is 5.78 Å². The summed E-state index contributed by atoms with van der Waals surface area (Å²) in [5.74, 6) is 0.197. The van der Waals surface area contributed by atoms with Gasteiger partial charge in [0, 0.05) is 18.3 Å². The maximum absolute atomic E-state index is 10.8. The minimum Gasteiger partial charge on any atom is -0.300 e. The number of rotatable bonds is 3. The van der Waals surface area contributed by atoms with Gasteiger partial charge in [-0.3, -0.25) is 9.78 Å². The van der Waals surface area contributed by atoms with Gasteiger partial charge in [-0.2, -0.15) is 0 Å². The molecular weight excluding hydrogens is 150 g/mol. The first-order valence-electron chi connectivity index (χ1n) is 4.15. The van der Waals surface area contributed by atoms with E-state index in [0.717, 1.165) is 17.7 Å². The second-order valence-electron chi connectivity index (χ2n) is 2.89. The van der Waals surface area contributed by atoms with Crippen LogP contribution in [0, 0.1) is 0 Å². The third kappa shape index (κ3) is 2.46. The predicted molar refractivity (Wildman–Crippen MR) is 48.0 cm³/mol. The fourth-order valence-electron chi connectivity index (χ4n) is 1.12.